The Morgan fingerprint density at radius 1 is 1.59 bits per heavy atom. The van der Waals surface area contributed by atoms with E-state index in [1.165, 1.54) is 24.5 Å². The van der Waals surface area contributed by atoms with Crippen LogP contribution in [0.1, 0.15) is 41.4 Å². The number of rotatable bonds is 5. The van der Waals surface area contributed by atoms with Crippen molar-refractivity contribution in [2.24, 2.45) is 0 Å². The van der Waals surface area contributed by atoms with Crippen LogP contribution in [-0.4, -0.2) is 27.5 Å². The van der Waals surface area contributed by atoms with Crippen LogP contribution in [0.5, 0.6) is 0 Å². The van der Waals surface area contributed by atoms with Crippen molar-refractivity contribution in [1.82, 2.24) is 10.3 Å². The fraction of sp³-hybridized carbons (Fsp3) is 0.545. The van der Waals surface area contributed by atoms with Gasteiger partial charge >= 0.3 is 5.97 Å². The molecule has 1 aromatic heterocycles. The van der Waals surface area contributed by atoms with Gasteiger partial charge in [0.25, 0.3) is 5.91 Å². The minimum absolute atomic E-state index is 0.381. The quantitative estimate of drug-likeness (QED) is 0.842. The highest BCUT2D eigenvalue weighted by Gasteiger charge is 2.34. The fourth-order valence-corrected chi connectivity index (χ4v) is 2.17. The summed E-state index contributed by atoms with van der Waals surface area (Å²) in [6.45, 7) is 5.19. The van der Waals surface area contributed by atoms with Gasteiger partial charge in [0.15, 0.2) is 0 Å². The first kappa shape index (κ1) is 13.6. The first-order chi connectivity index (χ1) is 7.89. The topological polar surface area (TPSA) is 79.3 Å². The number of aliphatic carboxylic acids is 1. The van der Waals surface area contributed by atoms with E-state index in [0.717, 1.165) is 5.01 Å². The van der Waals surface area contributed by atoms with Gasteiger partial charge in [0.2, 0.25) is 0 Å². The Hall–Kier alpha value is -1.43. The molecule has 0 aliphatic carbocycles. The van der Waals surface area contributed by atoms with E-state index in [1.807, 2.05) is 6.92 Å². The van der Waals surface area contributed by atoms with Crippen LogP contribution in [0.25, 0.3) is 0 Å². The van der Waals surface area contributed by atoms with Crippen LogP contribution in [0.4, 0.5) is 0 Å². The summed E-state index contributed by atoms with van der Waals surface area (Å²) in [7, 11) is 0. The molecule has 2 N–H and O–H groups in total. The lowest BCUT2D eigenvalue weighted by Gasteiger charge is -2.25. The van der Waals surface area contributed by atoms with Crippen molar-refractivity contribution in [3.8, 4) is 0 Å². The van der Waals surface area contributed by atoms with Gasteiger partial charge in [-0.15, -0.1) is 11.3 Å². The molecular weight excluding hydrogens is 240 g/mol. The molecule has 6 heteroatoms. The predicted octanol–water partition coefficient (Wildman–Crippen LogP) is 1.82. The Morgan fingerprint density at radius 2 is 2.24 bits per heavy atom. The summed E-state index contributed by atoms with van der Waals surface area (Å²) in [6, 6.07) is 0. The van der Waals surface area contributed by atoms with Crippen molar-refractivity contribution < 1.29 is 14.7 Å². The Morgan fingerprint density at radius 3 is 2.65 bits per heavy atom. The number of carboxylic acids is 1. The van der Waals surface area contributed by atoms with Gasteiger partial charge in [0, 0.05) is 0 Å². The number of aromatic nitrogens is 1. The van der Waals surface area contributed by atoms with E-state index in [2.05, 4.69) is 10.3 Å². The average molecular weight is 256 g/mol. The number of carbonyl (C=O) groups is 2. The SMILES string of the molecule is CCCC(C)(NC(=O)c1cnc(C)s1)C(=O)O. The number of carbonyl (C=O) groups excluding carboxylic acids is 1. The molecule has 0 spiro atoms. The van der Waals surface area contributed by atoms with E-state index in [4.69, 9.17) is 5.11 Å². The second kappa shape index (κ2) is 5.27. The van der Waals surface area contributed by atoms with Crippen LogP contribution < -0.4 is 5.32 Å². The molecule has 0 bridgehead atoms. The van der Waals surface area contributed by atoms with Gasteiger partial charge in [-0.05, 0) is 20.3 Å². The molecule has 0 aliphatic heterocycles. The lowest BCUT2D eigenvalue weighted by atomic mass is 9.96. The number of hydrogen-bond acceptors (Lipinski definition) is 4. The lowest BCUT2D eigenvalue weighted by Crippen LogP contribution is -2.51. The molecular formula is C11H16N2O3S. The van der Waals surface area contributed by atoms with Crippen LogP contribution in [0, 0.1) is 6.92 Å². The number of aryl methyl sites for hydroxylation is 1. The average Bonchev–Trinajstić information content (AvgIpc) is 2.65. The molecule has 0 saturated carbocycles. The monoisotopic (exact) mass is 256 g/mol. The maximum absolute atomic E-state index is 11.8. The number of thiazole rings is 1. The van der Waals surface area contributed by atoms with E-state index in [9.17, 15) is 9.59 Å². The van der Waals surface area contributed by atoms with Gasteiger partial charge in [-0.2, -0.15) is 0 Å². The number of hydrogen-bond donors (Lipinski definition) is 2. The van der Waals surface area contributed by atoms with Crippen LogP contribution >= 0.6 is 11.3 Å². The van der Waals surface area contributed by atoms with E-state index in [0.29, 0.717) is 17.7 Å². The third kappa shape index (κ3) is 3.26. The van der Waals surface area contributed by atoms with Crippen LogP contribution in [0.15, 0.2) is 6.20 Å². The zero-order valence-electron chi connectivity index (χ0n) is 10.1. The van der Waals surface area contributed by atoms with Gasteiger partial charge in [0.05, 0.1) is 11.2 Å². The highest BCUT2D eigenvalue weighted by atomic mass is 32.1. The highest BCUT2D eigenvalue weighted by Crippen LogP contribution is 2.16. The second-order valence-corrected chi connectivity index (χ2v) is 5.32. The summed E-state index contributed by atoms with van der Waals surface area (Å²) >= 11 is 1.25. The third-order valence-electron chi connectivity index (χ3n) is 2.46. The Kier molecular flexibility index (Phi) is 4.22. The first-order valence-electron chi connectivity index (χ1n) is 5.37. The van der Waals surface area contributed by atoms with Crippen LogP contribution in [-0.2, 0) is 4.79 Å². The van der Waals surface area contributed by atoms with Crippen molar-refractivity contribution in [3.63, 3.8) is 0 Å². The molecule has 1 atom stereocenters. The minimum Gasteiger partial charge on any atom is -0.480 e. The van der Waals surface area contributed by atoms with Gasteiger partial charge < -0.3 is 10.4 Å². The Labute approximate surface area is 104 Å². The largest absolute Gasteiger partial charge is 0.480 e. The van der Waals surface area contributed by atoms with Gasteiger partial charge in [-0.1, -0.05) is 13.3 Å². The fourth-order valence-electron chi connectivity index (χ4n) is 1.50. The predicted molar refractivity (Wildman–Crippen MR) is 65.3 cm³/mol. The number of carboxylic acid groups (broad SMARTS) is 1. The third-order valence-corrected chi connectivity index (χ3v) is 3.37. The van der Waals surface area contributed by atoms with Crippen LogP contribution in [0.3, 0.4) is 0 Å². The summed E-state index contributed by atoms with van der Waals surface area (Å²) in [5.74, 6) is -1.40. The minimum atomic E-state index is -1.22. The van der Waals surface area contributed by atoms with Crippen LogP contribution in [0.2, 0.25) is 0 Å². The molecule has 0 aliphatic rings. The van der Waals surface area contributed by atoms with Crippen molar-refractivity contribution >= 4 is 23.2 Å². The molecule has 0 radical (unpaired) electrons. The maximum atomic E-state index is 11.8. The smallest absolute Gasteiger partial charge is 0.329 e. The van der Waals surface area contributed by atoms with E-state index < -0.39 is 11.5 Å². The lowest BCUT2D eigenvalue weighted by molar-refractivity contribution is -0.144. The van der Waals surface area contributed by atoms with Gasteiger partial charge in [-0.3, -0.25) is 4.79 Å². The summed E-state index contributed by atoms with van der Waals surface area (Å²) in [5.41, 5.74) is -1.22. The molecule has 1 heterocycles. The van der Waals surface area contributed by atoms with Crippen molar-refractivity contribution in [2.45, 2.75) is 39.2 Å². The normalized spacial score (nSPS) is 14.1. The molecule has 0 saturated heterocycles. The number of amides is 1. The molecule has 17 heavy (non-hydrogen) atoms. The summed E-state index contributed by atoms with van der Waals surface area (Å²) < 4.78 is 0. The van der Waals surface area contributed by atoms with E-state index in [-0.39, 0.29) is 5.91 Å². The number of nitrogens with zero attached hydrogens (tertiary/aromatic N) is 1. The molecule has 0 aromatic carbocycles. The second-order valence-electron chi connectivity index (χ2n) is 4.08. The standard InChI is InChI=1S/C11H16N2O3S/c1-4-5-11(3,10(15)16)13-9(14)8-6-12-7(2)17-8/h6H,4-5H2,1-3H3,(H,13,14)(H,15,16). The van der Waals surface area contributed by atoms with Gasteiger partial charge in [-0.25, -0.2) is 9.78 Å². The first-order valence-corrected chi connectivity index (χ1v) is 6.19. The zero-order chi connectivity index (χ0) is 13.1. The molecule has 0 fully saturated rings. The van der Waals surface area contributed by atoms with E-state index in [1.54, 1.807) is 6.92 Å². The molecule has 94 valence electrons. The summed E-state index contributed by atoms with van der Waals surface area (Å²) in [5, 5.41) is 12.5. The van der Waals surface area contributed by atoms with E-state index >= 15 is 0 Å². The highest BCUT2D eigenvalue weighted by molar-refractivity contribution is 7.13. The summed E-state index contributed by atoms with van der Waals surface area (Å²) in [6.07, 6.45) is 2.54. The Balaban J connectivity index is 2.81. The van der Waals surface area contributed by atoms with Crippen molar-refractivity contribution in [2.75, 3.05) is 0 Å². The molecule has 5 nitrogen and oxygen atoms in total. The Bertz CT molecular complexity index is 430. The molecule has 1 aromatic rings. The van der Waals surface area contributed by atoms with Crippen molar-refractivity contribution in [1.29, 1.82) is 0 Å². The zero-order valence-corrected chi connectivity index (χ0v) is 10.9. The maximum Gasteiger partial charge on any atom is 0.329 e. The molecule has 1 unspecified atom stereocenters. The van der Waals surface area contributed by atoms with Gasteiger partial charge in [0.1, 0.15) is 10.4 Å². The molecule has 1 rings (SSSR count). The number of nitrogens with one attached hydrogen (secondary N) is 1. The summed E-state index contributed by atoms with van der Waals surface area (Å²) in [4.78, 5) is 27.4. The molecule has 1 amide bonds. The van der Waals surface area contributed by atoms with Crippen molar-refractivity contribution in [3.05, 3.63) is 16.1 Å².